The third-order valence-corrected chi connectivity index (χ3v) is 3.66. The van der Waals surface area contributed by atoms with Gasteiger partial charge < -0.3 is 15.0 Å². The molecule has 114 valence electrons. The van der Waals surface area contributed by atoms with E-state index in [9.17, 15) is 5.11 Å². The van der Waals surface area contributed by atoms with E-state index < -0.39 is 6.10 Å². The summed E-state index contributed by atoms with van der Waals surface area (Å²) >= 11 is 0. The number of hydrogen-bond donors (Lipinski definition) is 2. The van der Waals surface area contributed by atoms with E-state index >= 15 is 0 Å². The second-order valence-corrected chi connectivity index (χ2v) is 5.20. The molecule has 3 aromatic rings. The molecule has 0 aliphatic carbocycles. The van der Waals surface area contributed by atoms with E-state index in [1.165, 1.54) is 0 Å². The SMILES string of the molecule is CCn1cnc2c(NCc3ccc([C@H](C)O)cc3)ncnc21. The molecular formula is C16H19N5O. The number of imidazole rings is 1. The van der Waals surface area contributed by atoms with Gasteiger partial charge in [0.2, 0.25) is 0 Å². The molecule has 3 rings (SSSR count). The highest BCUT2D eigenvalue weighted by atomic mass is 16.3. The number of aromatic nitrogens is 4. The van der Waals surface area contributed by atoms with Crippen molar-refractivity contribution in [2.75, 3.05) is 5.32 Å². The highest BCUT2D eigenvalue weighted by Gasteiger charge is 2.09. The van der Waals surface area contributed by atoms with Gasteiger partial charge in [-0.15, -0.1) is 0 Å². The first kappa shape index (κ1) is 14.5. The smallest absolute Gasteiger partial charge is 0.165 e. The maximum Gasteiger partial charge on any atom is 0.165 e. The molecule has 1 atom stereocenters. The fourth-order valence-electron chi connectivity index (χ4n) is 2.34. The normalized spacial score (nSPS) is 12.5. The van der Waals surface area contributed by atoms with Crippen LogP contribution in [0.2, 0.25) is 0 Å². The van der Waals surface area contributed by atoms with E-state index in [0.717, 1.165) is 34.7 Å². The maximum absolute atomic E-state index is 9.52. The lowest BCUT2D eigenvalue weighted by atomic mass is 10.1. The van der Waals surface area contributed by atoms with Crippen LogP contribution in [0, 0.1) is 0 Å². The summed E-state index contributed by atoms with van der Waals surface area (Å²) in [6.45, 7) is 5.29. The molecule has 1 aromatic carbocycles. The minimum Gasteiger partial charge on any atom is -0.389 e. The van der Waals surface area contributed by atoms with E-state index in [0.29, 0.717) is 6.54 Å². The van der Waals surface area contributed by atoms with Crippen molar-refractivity contribution in [3.05, 3.63) is 48.0 Å². The molecule has 2 aromatic heterocycles. The van der Waals surface area contributed by atoms with Crippen molar-refractivity contribution in [1.82, 2.24) is 19.5 Å². The minimum absolute atomic E-state index is 0.443. The summed E-state index contributed by atoms with van der Waals surface area (Å²) in [5.41, 5.74) is 3.65. The predicted molar refractivity (Wildman–Crippen MR) is 85.4 cm³/mol. The zero-order chi connectivity index (χ0) is 15.5. The van der Waals surface area contributed by atoms with Crippen molar-refractivity contribution < 1.29 is 5.11 Å². The maximum atomic E-state index is 9.52. The van der Waals surface area contributed by atoms with Crippen LogP contribution in [0.3, 0.4) is 0 Å². The summed E-state index contributed by atoms with van der Waals surface area (Å²) in [6, 6.07) is 7.86. The van der Waals surface area contributed by atoms with Gasteiger partial charge in [0.15, 0.2) is 11.5 Å². The molecule has 2 heterocycles. The van der Waals surface area contributed by atoms with Gasteiger partial charge in [0.05, 0.1) is 12.4 Å². The van der Waals surface area contributed by atoms with Crippen molar-refractivity contribution in [1.29, 1.82) is 0 Å². The van der Waals surface area contributed by atoms with Gasteiger partial charge in [-0.25, -0.2) is 15.0 Å². The summed E-state index contributed by atoms with van der Waals surface area (Å²) < 4.78 is 1.99. The Bertz CT molecular complexity index is 764. The predicted octanol–water partition coefficient (Wildman–Crippen LogP) is 2.51. The average Bonchev–Trinajstić information content (AvgIpc) is 2.97. The Morgan fingerprint density at radius 2 is 1.95 bits per heavy atom. The van der Waals surface area contributed by atoms with Crippen molar-refractivity contribution in [3.63, 3.8) is 0 Å². The van der Waals surface area contributed by atoms with E-state index in [-0.39, 0.29) is 0 Å². The molecule has 0 saturated carbocycles. The molecule has 22 heavy (non-hydrogen) atoms. The first-order chi connectivity index (χ1) is 10.7. The number of rotatable bonds is 5. The zero-order valence-electron chi connectivity index (χ0n) is 12.7. The number of hydrogen-bond acceptors (Lipinski definition) is 5. The second kappa shape index (κ2) is 6.11. The van der Waals surface area contributed by atoms with Crippen LogP contribution < -0.4 is 5.32 Å². The molecule has 6 heteroatoms. The number of anilines is 1. The Balaban J connectivity index is 1.77. The molecule has 0 bridgehead atoms. The Hall–Kier alpha value is -2.47. The van der Waals surface area contributed by atoms with E-state index in [1.807, 2.05) is 28.8 Å². The highest BCUT2D eigenvalue weighted by Crippen LogP contribution is 2.18. The Morgan fingerprint density at radius 3 is 2.64 bits per heavy atom. The lowest BCUT2D eigenvalue weighted by molar-refractivity contribution is 0.199. The van der Waals surface area contributed by atoms with Crippen molar-refractivity contribution in [2.24, 2.45) is 0 Å². The molecule has 6 nitrogen and oxygen atoms in total. The van der Waals surface area contributed by atoms with Crippen LogP contribution in [0.5, 0.6) is 0 Å². The Kier molecular flexibility index (Phi) is 4.02. The number of nitrogens with zero attached hydrogens (tertiary/aromatic N) is 4. The number of benzene rings is 1. The van der Waals surface area contributed by atoms with E-state index in [2.05, 4.69) is 27.2 Å². The quantitative estimate of drug-likeness (QED) is 0.757. The van der Waals surface area contributed by atoms with Gasteiger partial charge in [-0.1, -0.05) is 24.3 Å². The van der Waals surface area contributed by atoms with E-state index in [1.54, 1.807) is 19.6 Å². The zero-order valence-corrected chi connectivity index (χ0v) is 12.7. The van der Waals surface area contributed by atoms with E-state index in [4.69, 9.17) is 0 Å². The molecule has 2 N–H and O–H groups in total. The number of nitrogens with one attached hydrogen (secondary N) is 1. The molecule has 0 fully saturated rings. The molecule has 0 aliphatic rings. The molecule has 0 amide bonds. The number of fused-ring (bicyclic) bond motifs is 1. The molecule has 0 aliphatic heterocycles. The van der Waals surface area contributed by atoms with Crippen LogP contribution in [-0.4, -0.2) is 24.6 Å². The number of aliphatic hydroxyl groups is 1. The Labute approximate surface area is 128 Å². The topological polar surface area (TPSA) is 75.9 Å². The number of aliphatic hydroxyl groups excluding tert-OH is 1. The summed E-state index contributed by atoms with van der Waals surface area (Å²) in [5, 5.41) is 12.8. The third kappa shape index (κ3) is 2.78. The lowest BCUT2D eigenvalue weighted by Crippen LogP contribution is -2.03. The van der Waals surface area contributed by atoms with Gasteiger partial charge in [0, 0.05) is 13.1 Å². The molecule has 0 radical (unpaired) electrons. The van der Waals surface area contributed by atoms with Crippen LogP contribution in [0.15, 0.2) is 36.9 Å². The third-order valence-electron chi connectivity index (χ3n) is 3.66. The summed E-state index contributed by atoms with van der Waals surface area (Å²) in [5.74, 6) is 0.733. The fourth-order valence-corrected chi connectivity index (χ4v) is 2.34. The standard InChI is InChI=1S/C16H19N5O/c1-3-21-10-20-14-15(18-9-19-16(14)21)17-8-12-4-6-13(7-5-12)11(2)22/h4-7,9-11,22H,3,8H2,1-2H3,(H,17,18,19)/t11-/m0/s1. The number of aryl methyl sites for hydroxylation is 1. The largest absolute Gasteiger partial charge is 0.389 e. The average molecular weight is 297 g/mol. The molecule has 0 unspecified atom stereocenters. The van der Waals surface area contributed by atoms with Gasteiger partial charge in [0.25, 0.3) is 0 Å². The first-order valence-electron chi connectivity index (χ1n) is 7.35. The van der Waals surface area contributed by atoms with Crippen LogP contribution >= 0.6 is 0 Å². The van der Waals surface area contributed by atoms with Crippen LogP contribution in [0.1, 0.15) is 31.1 Å². The van der Waals surface area contributed by atoms with Gasteiger partial charge >= 0.3 is 0 Å². The van der Waals surface area contributed by atoms with Gasteiger partial charge in [-0.05, 0) is 25.0 Å². The fraction of sp³-hybridized carbons (Fsp3) is 0.312. The molecule has 0 saturated heterocycles. The Morgan fingerprint density at radius 1 is 1.18 bits per heavy atom. The van der Waals surface area contributed by atoms with Crippen molar-refractivity contribution in [3.8, 4) is 0 Å². The summed E-state index contributed by atoms with van der Waals surface area (Å²) in [6.07, 6.45) is 2.89. The van der Waals surface area contributed by atoms with Gasteiger partial charge in [-0.2, -0.15) is 0 Å². The monoisotopic (exact) mass is 297 g/mol. The lowest BCUT2D eigenvalue weighted by Gasteiger charge is -2.08. The van der Waals surface area contributed by atoms with Crippen LogP contribution in [0.4, 0.5) is 5.82 Å². The highest BCUT2D eigenvalue weighted by molar-refractivity contribution is 5.82. The first-order valence-corrected chi connectivity index (χ1v) is 7.35. The summed E-state index contributed by atoms with van der Waals surface area (Å²) in [4.78, 5) is 12.9. The summed E-state index contributed by atoms with van der Waals surface area (Å²) in [7, 11) is 0. The van der Waals surface area contributed by atoms with Crippen molar-refractivity contribution in [2.45, 2.75) is 33.0 Å². The second-order valence-electron chi connectivity index (χ2n) is 5.20. The van der Waals surface area contributed by atoms with Gasteiger partial charge in [-0.3, -0.25) is 0 Å². The van der Waals surface area contributed by atoms with Gasteiger partial charge in [0.1, 0.15) is 11.8 Å². The van der Waals surface area contributed by atoms with Crippen LogP contribution in [0.25, 0.3) is 11.2 Å². The van der Waals surface area contributed by atoms with Crippen LogP contribution in [-0.2, 0) is 13.1 Å². The molecule has 0 spiro atoms. The molecular weight excluding hydrogens is 278 g/mol. The minimum atomic E-state index is -0.443. The van der Waals surface area contributed by atoms with Crippen molar-refractivity contribution >= 4 is 17.0 Å².